The zero-order valence-corrected chi connectivity index (χ0v) is 7.34. The maximum absolute atomic E-state index is 11.2. The van der Waals surface area contributed by atoms with Gasteiger partial charge in [-0.25, -0.2) is 4.99 Å². The number of aryl methyl sites for hydroxylation is 1. The number of carbonyl (C=O) groups excluding carboxylic acids is 1. The molecule has 0 aliphatic carbocycles. The summed E-state index contributed by atoms with van der Waals surface area (Å²) < 4.78 is 1.49. The van der Waals surface area contributed by atoms with Crippen LogP contribution in [0.1, 0.15) is 0 Å². The van der Waals surface area contributed by atoms with E-state index in [0.29, 0.717) is 10.7 Å². The Morgan fingerprint density at radius 3 is 3.00 bits per heavy atom. The number of hydrogen-bond donors (Lipinski definition) is 1. The van der Waals surface area contributed by atoms with Gasteiger partial charge >= 0.3 is 5.97 Å². The first-order valence-electron chi connectivity index (χ1n) is 3.95. The average molecular weight is 193 g/mol. The van der Waals surface area contributed by atoms with Crippen LogP contribution in [0.15, 0.2) is 11.2 Å². The van der Waals surface area contributed by atoms with Crippen molar-refractivity contribution in [2.24, 2.45) is 18.0 Å². The zero-order chi connectivity index (χ0) is 10.3. The molecule has 6 heteroatoms. The molecule has 1 aliphatic heterocycles. The Labute approximate surface area is 78.2 Å². The molecule has 2 rings (SSSR count). The fraction of sp³-hybridized carbons (Fsp3) is 0.250. The maximum atomic E-state index is 11.2. The molecule has 2 heterocycles. The van der Waals surface area contributed by atoms with Crippen LogP contribution in [0.3, 0.4) is 0 Å². The highest BCUT2D eigenvalue weighted by Crippen LogP contribution is 2.03. The number of nitrogens with zero attached hydrogens (tertiary/aromatic N) is 3. The first kappa shape index (κ1) is 8.61. The normalized spacial score (nSPS) is 19.5. The minimum absolute atomic E-state index is 0.426. The molecule has 0 saturated carbocycles. The van der Waals surface area contributed by atoms with E-state index in [9.17, 15) is 9.59 Å². The van der Waals surface area contributed by atoms with Crippen molar-refractivity contribution < 1.29 is 14.7 Å². The molecule has 1 N–H and O–H groups in total. The van der Waals surface area contributed by atoms with Gasteiger partial charge < -0.3 is 5.11 Å². The summed E-state index contributed by atoms with van der Waals surface area (Å²) in [6.07, 6.45) is 2.79. The largest absolute Gasteiger partial charge is 0.480 e. The van der Waals surface area contributed by atoms with Crippen LogP contribution in [0.25, 0.3) is 6.08 Å². The van der Waals surface area contributed by atoms with Crippen molar-refractivity contribution in [1.29, 1.82) is 0 Å². The van der Waals surface area contributed by atoms with E-state index in [4.69, 9.17) is 5.11 Å². The average Bonchev–Trinajstić information content (AvgIpc) is 2.46. The highest BCUT2D eigenvalue weighted by Gasteiger charge is 2.26. The van der Waals surface area contributed by atoms with E-state index in [0.717, 1.165) is 0 Å². The van der Waals surface area contributed by atoms with Crippen LogP contribution in [0.4, 0.5) is 0 Å². The number of carboxylic acids is 1. The number of carboxylic acid groups (broad SMARTS) is 1. The third kappa shape index (κ3) is 1.12. The summed E-state index contributed by atoms with van der Waals surface area (Å²) in [4.78, 5) is 25.5. The lowest BCUT2D eigenvalue weighted by molar-refractivity contribution is -0.143. The Morgan fingerprint density at radius 2 is 2.36 bits per heavy atom. The second-order valence-corrected chi connectivity index (χ2v) is 2.97. The summed E-state index contributed by atoms with van der Waals surface area (Å²) >= 11 is 0. The third-order valence-corrected chi connectivity index (χ3v) is 2.05. The van der Waals surface area contributed by atoms with E-state index in [-0.39, 0.29) is 0 Å². The third-order valence-electron chi connectivity index (χ3n) is 2.05. The minimum Gasteiger partial charge on any atom is -0.480 e. The molecule has 1 aromatic heterocycles. The molecule has 1 aliphatic rings. The van der Waals surface area contributed by atoms with E-state index in [2.05, 4.69) is 10.1 Å². The fourth-order valence-electron chi connectivity index (χ4n) is 1.31. The summed E-state index contributed by atoms with van der Waals surface area (Å²) in [6, 6.07) is 0. The van der Waals surface area contributed by atoms with Crippen molar-refractivity contribution in [3.8, 4) is 0 Å². The summed E-state index contributed by atoms with van der Waals surface area (Å²) in [5.41, 5.74) is 0. The number of aromatic nitrogens is 2. The van der Waals surface area contributed by atoms with Gasteiger partial charge in [-0.2, -0.15) is 5.10 Å². The van der Waals surface area contributed by atoms with Crippen molar-refractivity contribution in [1.82, 2.24) is 9.78 Å². The molecule has 1 unspecified atom stereocenters. The molecule has 6 nitrogen and oxygen atoms in total. The molecule has 1 amide bonds. The summed E-state index contributed by atoms with van der Waals surface area (Å²) in [5.74, 6) is -3.03. The quantitative estimate of drug-likeness (QED) is 0.526. The van der Waals surface area contributed by atoms with Gasteiger partial charge in [0.15, 0.2) is 5.92 Å². The smallest absolute Gasteiger partial charge is 0.320 e. The first-order valence-corrected chi connectivity index (χ1v) is 3.95. The lowest BCUT2D eigenvalue weighted by atomic mass is 10.1. The van der Waals surface area contributed by atoms with Gasteiger partial charge in [0.25, 0.3) is 5.91 Å². The Bertz CT molecular complexity index is 529. The molecule has 0 spiro atoms. The van der Waals surface area contributed by atoms with Crippen molar-refractivity contribution in [2.75, 3.05) is 0 Å². The molecular weight excluding hydrogens is 186 g/mol. The number of hydrogen-bond acceptors (Lipinski definition) is 3. The molecule has 0 saturated heterocycles. The molecular formula is C8H7N3O3. The molecule has 0 fully saturated rings. The molecule has 0 radical (unpaired) electrons. The van der Waals surface area contributed by atoms with Crippen molar-refractivity contribution in [3.05, 3.63) is 16.9 Å². The fourth-order valence-corrected chi connectivity index (χ4v) is 1.31. The van der Waals surface area contributed by atoms with Crippen LogP contribution in [0, 0.1) is 5.92 Å². The number of carbonyl (C=O) groups is 2. The van der Waals surface area contributed by atoms with Gasteiger partial charge in [0.2, 0.25) is 0 Å². The highest BCUT2D eigenvalue weighted by molar-refractivity contribution is 6.03. The lowest BCUT2D eigenvalue weighted by Gasteiger charge is -2.04. The van der Waals surface area contributed by atoms with E-state index >= 15 is 0 Å². The Balaban J connectivity index is 2.70. The summed E-state index contributed by atoms with van der Waals surface area (Å²) in [6.45, 7) is 0. The number of rotatable bonds is 1. The van der Waals surface area contributed by atoms with Crippen molar-refractivity contribution in [3.63, 3.8) is 0 Å². The van der Waals surface area contributed by atoms with Crippen LogP contribution in [-0.4, -0.2) is 26.8 Å². The number of amides is 1. The monoisotopic (exact) mass is 193 g/mol. The van der Waals surface area contributed by atoms with Gasteiger partial charge in [0.05, 0.1) is 11.5 Å². The van der Waals surface area contributed by atoms with Gasteiger partial charge in [-0.3, -0.25) is 14.3 Å². The van der Waals surface area contributed by atoms with Crippen LogP contribution in [-0.2, 0) is 16.6 Å². The van der Waals surface area contributed by atoms with E-state index in [1.807, 2.05) is 0 Å². The zero-order valence-electron chi connectivity index (χ0n) is 7.34. The predicted molar refractivity (Wildman–Crippen MR) is 44.6 cm³/mol. The Morgan fingerprint density at radius 1 is 1.64 bits per heavy atom. The van der Waals surface area contributed by atoms with Gasteiger partial charge in [0.1, 0.15) is 5.36 Å². The van der Waals surface area contributed by atoms with E-state index < -0.39 is 17.8 Å². The van der Waals surface area contributed by atoms with Crippen LogP contribution in [0.2, 0.25) is 0 Å². The Hall–Kier alpha value is -1.98. The van der Waals surface area contributed by atoms with Crippen LogP contribution < -0.4 is 10.7 Å². The van der Waals surface area contributed by atoms with Crippen LogP contribution >= 0.6 is 0 Å². The van der Waals surface area contributed by atoms with Crippen molar-refractivity contribution in [2.45, 2.75) is 0 Å². The predicted octanol–water partition coefficient (Wildman–Crippen LogP) is -1.94. The summed E-state index contributed by atoms with van der Waals surface area (Å²) in [7, 11) is 1.67. The maximum Gasteiger partial charge on any atom is 0.320 e. The first-order chi connectivity index (χ1) is 6.59. The SMILES string of the molecule is Cn1ncc2c1=CC(C(=O)O)C(=O)N=2. The molecule has 0 aromatic carbocycles. The standard InChI is InChI=1S/C8H7N3O3/c1-11-6-2-4(8(13)14)7(12)10-5(6)3-9-11/h2-4H,1H3,(H,13,14). The van der Waals surface area contributed by atoms with Gasteiger partial charge in [0, 0.05) is 7.05 Å². The highest BCUT2D eigenvalue weighted by atomic mass is 16.4. The van der Waals surface area contributed by atoms with Gasteiger partial charge in [-0.05, 0) is 6.08 Å². The van der Waals surface area contributed by atoms with E-state index in [1.165, 1.54) is 17.0 Å². The minimum atomic E-state index is -1.19. The molecule has 1 aromatic rings. The topological polar surface area (TPSA) is 84.5 Å². The van der Waals surface area contributed by atoms with E-state index in [1.54, 1.807) is 7.05 Å². The molecule has 72 valence electrons. The lowest BCUT2D eigenvalue weighted by Crippen LogP contribution is -2.38. The number of fused-ring (bicyclic) bond motifs is 1. The van der Waals surface area contributed by atoms with Crippen LogP contribution in [0.5, 0.6) is 0 Å². The Kier molecular flexibility index (Phi) is 1.70. The molecule has 0 bridgehead atoms. The molecule has 1 atom stereocenters. The second-order valence-electron chi connectivity index (χ2n) is 2.97. The number of aliphatic carboxylic acids is 1. The molecule has 14 heavy (non-hydrogen) atoms. The second kappa shape index (κ2) is 2.76. The summed E-state index contributed by atoms with van der Waals surface area (Å²) in [5, 5.41) is 13.6. The van der Waals surface area contributed by atoms with Gasteiger partial charge in [-0.1, -0.05) is 0 Å². The van der Waals surface area contributed by atoms with Gasteiger partial charge in [-0.15, -0.1) is 0 Å². The van der Waals surface area contributed by atoms with Crippen molar-refractivity contribution >= 4 is 18.0 Å².